The average Bonchev–Trinajstić information content (AvgIpc) is 2.40. The van der Waals surface area contributed by atoms with Crippen molar-refractivity contribution in [2.75, 3.05) is 0 Å². The van der Waals surface area contributed by atoms with E-state index < -0.39 is 11.2 Å². The van der Waals surface area contributed by atoms with Gasteiger partial charge in [-0.1, -0.05) is 54.1 Å². The van der Waals surface area contributed by atoms with Gasteiger partial charge in [0.25, 0.3) is 0 Å². The first kappa shape index (κ1) is 14.0. The van der Waals surface area contributed by atoms with Gasteiger partial charge >= 0.3 is 0 Å². The zero-order valence-electron chi connectivity index (χ0n) is 10.2. The zero-order valence-corrected chi connectivity index (χ0v) is 11.8. The van der Waals surface area contributed by atoms with Crippen LogP contribution in [-0.4, -0.2) is 11.2 Å². The van der Waals surface area contributed by atoms with E-state index in [1.165, 1.54) is 0 Å². The van der Waals surface area contributed by atoms with Crippen molar-refractivity contribution in [2.24, 2.45) is 5.73 Å². The van der Waals surface area contributed by atoms with Gasteiger partial charge in [0.15, 0.2) is 0 Å². The standard InChI is InChI=1S/C15H14ClNOS/c16-12-8-4-7-11(9-12)13(14(19)15(17)18)10-5-2-1-3-6-10/h1-9,13-14,19H,(H2,17,18). The smallest absolute Gasteiger partial charge is 0.231 e. The van der Waals surface area contributed by atoms with Crippen LogP contribution in [0.5, 0.6) is 0 Å². The van der Waals surface area contributed by atoms with Crippen molar-refractivity contribution in [3.8, 4) is 0 Å². The largest absolute Gasteiger partial charge is 0.369 e. The van der Waals surface area contributed by atoms with E-state index in [0.29, 0.717) is 5.02 Å². The Morgan fingerprint density at radius 3 is 2.26 bits per heavy atom. The van der Waals surface area contributed by atoms with E-state index in [4.69, 9.17) is 17.3 Å². The van der Waals surface area contributed by atoms with Gasteiger partial charge in [0, 0.05) is 10.9 Å². The summed E-state index contributed by atoms with van der Waals surface area (Å²) in [6, 6.07) is 17.1. The number of hydrogen-bond donors (Lipinski definition) is 2. The number of amides is 1. The Balaban J connectivity index is 2.49. The van der Waals surface area contributed by atoms with Crippen LogP contribution in [-0.2, 0) is 4.79 Å². The Labute approximate surface area is 123 Å². The molecular formula is C15H14ClNOS. The van der Waals surface area contributed by atoms with Gasteiger partial charge < -0.3 is 5.73 Å². The number of halogens is 1. The zero-order chi connectivity index (χ0) is 13.8. The molecule has 2 aromatic carbocycles. The molecule has 0 aromatic heterocycles. The van der Waals surface area contributed by atoms with Crippen molar-refractivity contribution in [3.63, 3.8) is 0 Å². The Bertz CT molecular complexity index is 573. The van der Waals surface area contributed by atoms with Gasteiger partial charge in [0.2, 0.25) is 5.91 Å². The monoisotopic (exact) mass is 291 g/mol. The van der Waals surface area contributed by atoms with Crippen LogP contribution in [0.4, 0.5) is 0 Å². The number of rotatable bonds is 4. The lowest BCUT2D eigenvalue weighted by Gasteiger charge is -2.22. The van der Waals surface area contributed by atoms with E-state index in [9.17, 15) is 4.79 Å². The molecule has 0 aliphatic carbocycles. The van der Waals surface area contributed by atoms with Crippen LogP contribution in [0, 0.1) is 0 Å². The molecule has 0 saturated carbocycles. The third-order valence-corrected chi connectivity index (χ3v) is 3.76. The van der Waals surface area contributed by atoms with Gasteiger partial charge in [-0.15, -0.1) is 0 Å². The fourth-order valence-corrected chi connectivity index (χ4v) is 2.62. The highest BCUT2D eigenvalue weighted by atomic mass is 35.5. The molecule has 98 valence electrons. The summed E-state index contributed by atoms with van der Waals surface area (Å²) in [5, 5.41) is 0.0318. The Hall–Kier alpha value is -1.45. The SMILES string of the molecule is NC(=O)C(S)C(c1ccccc1)c1cccc(Cl)c1. The summed E-state index contributed by atoms with van der Waals surface area (Å²) in [6.07, 6.45) is 0. The molecular weight excluding hydrogens is 278 g/mol. The molecule has 0 fully saturated rings. The van der Waals surface area contributed by atoms with Gasteiger partial charge in [-0.3, -0.25) is 4.79 Å². The molecule has 0 aliphatic rings. The quantitative estimate of drug-likeness (QED) is 0.834. The Morgan fingerprint density at radius 2 is 1.68 bits per heavy atom. The summed E-state index contributed by atoms with van der Waals surface area (Å²) in [5.74, 6) is -0.655. The first-order valence-electron chi connectivity index (χ1n) is 5.87. The van der Waals surface area contributed by atoms with Crippen LogP contribution in [0.3, 0.4) is 0 Å². The van der Waals surface area contributed by atoms with Gasteiger partial charge in [0.1, 0.15) is 0 Å². The topological polar surface area (TPSA) is 43.1 Å². The molecule has 2 aromatic rings. The molecule has 2 unspecified atom stereocenters. The molecule has 1 amide bonds. The predicted octanol–water partition coefficient (Wildman–Crippen LogP) is 3.26. The fourth-order valence-electron chi connectivity index (χ4n) is 2.08. The maximum Gasteiger partial charge on any atom is 0.231 e. The van der Waals surface area contributed by atoms with Crippen molar-refractivity contribution in [1.29, 1.82) is 0 Å². The van der Waals surface area contributed by atoms with Gasteiger partial charge in [-0.05, 0) is 23.3 Å². The molecule has 0 saturated heterocycles. The third kappa shape index (κ3) is 3.31. The fraction of sp³-hybridized carbons (Fsp3) is 0.133. The van der Waals surface area contributed by atoms with E-state index in [0.717, 1.165) is 11.1 Å². The van der Waals surface area contributed by atoms with Crippen molar-refractivity contribution >= 4 is 30.1 Å². The minimum atomic E-state index is -0.596. The third-order valence-electron chi connectivity index (χ3n) is 2.97. The van der Waals surface area contributed by atoms with E-state index >= 15 is 0 Å². The number of carbonyl (C=O) groups is 1. The van der Waals surface area contributed by atoms with Crippen LogP contribution in [0.15, 0.2) is 54.6 Å². The lowest BCUT2D eigenvalue weighted by atomic mass is 9.88. The van der Waals surface area contributed by atoms with Crippen molar-refractivity contribution in [3.05, 3.63) is 70.7 Å². The first-order valence-corrected chi connectivity index (χ1v) is 6.77. The maximum atomic E-state index is 11.5. The number of carbonyl (C=O) groups excluding carboxylic acids is 1. The normalized spacial score (nSPS) is 13.8. The number of nitrogens with two attached hydrogens (primary N) is 1. The number of primary amides is 1. The molecule has 2 nitrogen and oxygen atoms in total. The van der Waals surface area contributed by atoms with Gasteiger partial charge in [-0.25, -0.2) is 0 Å². The van der Waals surface area contributed by atoms with E-state index in [1.54, 1.807) is 6.07 Å². The molecule has 2 N–H and O–H groups in total. The minimum Gasteiger partial charge on any atom is -0.369 e. The van der Waals surface area contributed by atoms with E-state index in [-0.39, 0.29) is 5.92 Å². The second-order valence-corrected chi connectivity index (χ2v) is 5.28. The highest BCUT2D eigenvalue weighted by Crippen LogP contribution is 2.32. The van der Waals surface area contributed by atoms with Crippen molar-refractivity contribution in [2.45, 2.75) is 11.2 Å². The second kappa shape index (κ2) is 6.13. The summed E-state index contributed by atoms with van der Waals surface area (Å²) in [6.45, 7) is 0. The van der Waals surface area contributed by atoms with E-state index in [2.05, 4.69) is 12.6 Å². The molecule has 0 heterocycles. The van der Waals surface area contributed by atoms with Crippen LogP contribution in [0.2, 0.25) is 5.02 Å². The molecule has 0 bridgehead atoms. The van der Waals surface area contributed by atoms with Crippen molar-refractivity contribution < 1.29 is 4.79 Å². The summed E-state index contributed by atoms with van der Waals surface area (Å²) < 4.78 is 0. The summed E-state index contributed by atoms with van der Waals surface area (Å²) in [4.78, 5) is 11.5. The lowest BCUT2D eigenvalue weighted by Crippen LogP contribution is -2.30. The maximum absolute atomic E-state index is 11.5. The van der Waals surface area contributed by atoms with Crippen molar-refractivity contribution in [1.82, 2.24) is 0 Å². The number of hydrogen-bond acceptors (Lipinski definition) is 2. The van der Waals surface area contributed by atoms with Gasteiger partial charge in [-0.2, -0.15) is 12.6 Å². The van der Waals surface area contributed by atoms with Gasteiger partial charge in [0.05, 0.1) is 5.25 Å². The summed E-state index contributed by atoms with van der Waals surface area (Å²) in [7, 11) is 0. The second-order valence-electron chi connectivity index (χ2n) is 4.29. The molecule has 19 heavy (non-hydrogen) atoms. The molecule has 2 atom stereocenters. The summed E-state index contributed by atoms with van der Waals surface area (Å²) in [5.41, 5.74) is 7.32. The Morgan fingerprint density at radius 1 is 1.05 bits per heavy atom. The predicted molar refractivity (Wildman–Crippen MR) is 81.7 cm³/mol. The van der Waals surface area contributed by atoms with Crippen LogP contribution < -0.4 is 5.73 Å². The molecule has 0 spiro atoms. The number of benzene rings is 2. The van der Waals surface area contributed by atoms with Crippen LogP contribution in [0.25, 0.3) is 0 Å². The molecule has 0 aliphatic heterocycles. The Kier molecular flexibility index (Phi) is 4.51. The highest BCUT2D eigenvalue weighted by molar-refractivity contribution is 7.81. The minimum absolute atomic E-state index is 0.208. The first-order chi connectivity index (χ1) is 9.09. The highest BCUT2D eigenvalue weighted by Gasteiger charge is 2.26. The van der Waals surface area contributed by atoms with E-state index in [1.807, 2.05) is 48.5 Å². The molecule has 0 radical (unpaired) electrons. The summed E-state index contributed by atoms with van der Waals surface area (Å²) >= 11 is 10.4. The lowest BCUT2D eigenvalue weighted by molar-refractivity contribution is -0.117. The van der Waals surface area contributed by atoms with Crippen LogP contribution >= 0.6 is 24.2 Å². The number of thiol groups is 1. The van der Waals surface area contributed by atoms with Crippen LogP contribution in [0.1, 0.15) is 17.0 Å². The average molecular weight is 292 g/mol. The molecule has 2 rings (SSSR count). The molecule has 4 heteroatoms.